The Kier molecular flexibility index (Phi) is 5.39. The molecule has 2 nitrogen and oxygen atoms in total. The molecule has 1 rings (SSSR count). The van der Waals surface area contributed by atoms with Crippen LogP contribution in [0.15, 0.2) is 30.3 Å². The van der Waals surface area contributed by atoms with Crippen LogP contribution in [0.3, 0.4) is 0 Å². The zero-order valence-corrected chi connectivity index (χ0v) is 11.9. The Labute approximate surface area is 110 Å². The van der Waals surface area contributed by atoms with Crippen molar-refractivity contribution in [1.82, 2.24) is 0 Å². The van der Waals surface area contributed by atoms with E-state index >= 15 is 0 Å². The maximum atomic E-state index is 12.2. The zero-order valence-electron chi connectivity index (χ0n) is 11.9. The lowest BCUT2D eigenvalue weighted by molar-refractivity contribution is -0.155. The van der Waals surface area contributed by atoms with Crippen molar-refractivity contribution < 1.29 is 9.53 Å². The molecule has 0 aliphatic carbocycles. The van der Waals surface area contributed by atoms with Gasteiger partial charge in [-0.1, -0.05) is 44.2 Å². The first-order valence-corrected chi connectivity index (χ1v) is 6.69. The van der Waals surface area contributed by atoms with Crippen molar-refractivity contribution in [3.63, 3.8) is 0 Å². The number of ether oxygens (including phenoxy) is 1. The second kappa shape index (κ2) is 6.58. The second-order valence-electron chi connectivity index (χ2n) is 5.54. The number of hydrogen-bond acceptors (Lipinski definition) is 2. The van der Waals surface area contributed by atoms with Crippen molar-refractivity contribution in [2.75, 3.05) is 6.61 Å². The van der Waals surface area contributed by atoms with Crippen LogP contribution >= 0.6 is 0 Å². The van der Waals surface area contributed by atoms with Gasteiger partial charge in [0, 0.05) is 0 Å². The second-order valence-corrected chi connectivity index (χ2v) is 5.54. The molecule has 1 aromatic carbocycles. The molecule has 0 spiro atoms. The van der Waals surface area contributed by atoms with Gasteiger partial charge in [0.2, 0.25) is 0 Å². The molecule has 0 aromatic heterocycles. The first kappa shape index (κ1) is 14.7. The van der Waals surface area contributed by atoms with Crippen LogP contribution in [0, 0.1) is 11.3 Å². The van der Waals surface area contributed by atoms with Gasteiger partial charge in [-0.05, 0) is 38.2 Å². The minimum Gasteiger partial charge on any atom is -0.466 e. The number of benzene rings is 1. The molecule has 0 amide bonds. The maximum absolute atomic E-state index is 12.2. The summed E-state index contributed by atoms with van der Waals surface area (Å²) >= 11 is 0. The van der Waals surface area contributed by atoms with E-state index in [0.717, 1.165) is 12.8 Å². The normalized spacial score (nSPS) is 14.3. The first-order chi connectivity index (χ1) is 8.48. The minimum atomic E-state index is -0.425. The average Bonchev–Trinajstić information content (AvgIpc) is 2.29. The van der Waals surface area contributed by atoms with E-state index in [1.54, 1.807) is 0 Å². The lowest BCUT2D eigenvalue weighted by atomic mass is 9.77. The molecule has 0 radical (unpaired) electrons. The van der Waals surface area contributed by atoms with Crippen LogP contribution in [0.4, 0.5) is 0 Å². The molecule has 1 unspecified atom stereocenters. The summed E-state index contributed by atoms with van der Waals surface area (Å²) in [6, 6.07) is 10.1. The van der Waals surface area contributed by atoms with Crippen LogP contribution in [0.25, 0.3) is 0 Å². The summed E-state index contributed by atoms with van der Waals surface area (Å²) in [5.74, 6) is 0.394. The highest BCUT2D eigenvalue weighted by Crippen LogP contribution is 2.32. The molecule has 0 aliphatic rings. The Hall–Kier alpha value is -1.31. The lowest BCUT2D eigenvalue weighted by Gasteiger charge is -2.29. The Morgan fingerprint density at radius 2 is 1.89 bits per heavy atom. The highest BCUT2D eigenvalue weighted by Gasteiger charge is 2.35. The van der Waals surface area contributed by atoms with Crippen molar-refractivity contribution in [2.24, 2.45) is 11.3 Å². The molecule has 0 saturated carbocycles. The Morgan fingerprint density at radius 1 is 1.28 bits per heavy atom. The van der Waals surface area contributed by atoms with E-state index in [0.29, 0.717) is 12.5 Å². The number of carbonyl (C=O) groups excluding carboxylic acids is 1. The number of hydrogen-bond donors (Lipinski definition) is 0. The predicted molar refractivity (Wildman–Crippen MR) is 74.3 cm³/mol. The van der Waals surface area contributed by atoms with Gasteiger partial charge in [-0.15, -0.1) is 0 Å². The van der Waals surface area contributed by atoms with Crippen LogP contribution in [0.5, 0.6) is 0 Å². The van der Waals surface area contributed by atoms with Gasteiger partial charge in [0.25, 0.3) is 0 Å². The van der Waals surface area contributed by atoms with E-state index in [9.17, 15) is 4.79 Å². The average molecular weight is 248 g/mol. The van der Waals surface area contributed by atoms with Crippen LogP contribution in [0.1, 0.15) is 39.7 Å². The molecule has 0 fully saturated rings. The van der Waals surface area contributed by atoms with Crippen LogP contribution in [-0.2, 0) is 16.0 Å². The molecule has 1 aromatic rings. The third-order valence-electron chi connectivity index (χ3n) is 3.06. The molecule has 100 valence electrons. The summed E-state index contributed by atoms with van der Waals surface area (Å²) in [7, 11) is 0. The van der Waals surface area contributed by atoms with Crippen molar-refractivity contribution >= 4 is 5.97 Å². The molecular formula is C16H24O2. The Morgan fingerprint density at radius 3 is 2.39 bits per heavy atom. The highest BCUT2D eigenvalue weighted by molar-refractivity contribution is 5.76. The molecule has 18 heavy (non-hydrogen) atoms. The number of esters is 1. The summed E-state index contributed by atoms with van der Waals surface area (Å²) in [5, 5.41) is 0. The van der Waals surface area contributed by atoms with E-state index in [-0.39, 0.29) is 5.97 Å². The van der Waals surface area contributed by atoms with E-state index in [2.05, 4.69) is 26.0 Å². The van der Waals surface area contributed by atoms with E-state index in [4.69, 9.17) is 4.74 Å². The van der Waals surface area contributed by atoms with Crippen LogP contribution in [-0.4, -0.2) is 12.6 Å². The van der Waals surface area contributed by atoms with Gasteiger partial charge < -0.3 is 4.74 Å². The largest absolute Gasteiger partial charge is 0.466 e. The van der Waals surface area contributed by atoms with Gasteiger partial charge in [-0.3, -0.25) is 4.79 Å². The molecule has 0 N–H and O–H groups in total. The van der Waals surface area contributed by atoms with Crippen molar-refractivity contribution in [2.45, 2.75) is 40.5 Å². The number of carbonyl (C=O) groups is 1. The summed E-state index contributed by atoms with van der Waals surface area (Å²) in [6.45, 7) is 8.60. The molecular weight excluding hydrogens is 224 g/mol. The van der Waals surface area contributed by atoms with Crippen LogP contribution < -0.4 is 0 Å². The summed E-state index contributed by atoms with van der Waals surface area (Å²) in [4.78, 5) is 12.2. The van der Waals surface area contributed by atoms with Crippen molar-refractivity contribution in [1.29, 1.82) is 0 Å². The van der Waals surface area contributed by atoms with Gasteiger partial charge in [-0.25, -0.2) is 0 Å². The minimum absolute atomic E-state index is 0.0810. The standard InChI is InChI=1S/C16H24O2/c1-5-18-15(17)16(4,11-13(2)3)12-14-9-7-6-8-10-14/h6-10,13H,5,11-12H2,1-4H3. The Bertz CT molecular complexity index is 370. The molecule has 0 bridgehead atoms. The molecule has 2 heteroatoms. The monoisotopic (exact) mass is 248 g/mol. The SMILES string of the molecule is CCOC(=O)C(C)(Cc1ccccc1)CC(C)C. The zero-order chi connectivity index (χ0) is 13.6. The van der Waals surface area contributed by atoms with Gasteiger partial charge in [0.05, 0.1) is 12.0 Å². The highest BCUT2D eigenvalue weighted by atomic mass is 16.5. The van der Waals surface area contributed by atoms with E-state index in [1.807, 2.05) is 32.0 Å². The van der Waals surface area contributed by atoms with Gasteiger partial charge in [0.15, 0.2) is 0 Å². The summed E-state index contributed by atoms with van der Waals surface area (Å²) in [5.41, 5.74) is 0.764. The van der Waals surface area contributed by atoms with Crippen molar-refractivity contribution in [3.05, 3.63) is 35.9 Å². The summed E-state index contributed by atoms with van der Waals surface area (Å²) < 4.78 is 5.24. The smallest absolute Gasteiger partial charge is 0.312 e. The van der Waals surface area contributed by atoms with E-state index < -0.39 is 5.41 Å². The number of rotatable bonds is 6. The van der Waals surface area contributed by atoms with E-state index in [1.165, 1.54) is 5.56 Å². The maximum Gasteiger partial charge on any atom is 0.312 e. The molecule has 0 saturated heterocycles. The Balaban J connectivity index is 2.87. The van der Waals surface area contributed by atoms with Gasteiger partial charge in [-0.2, -0.15) is 0 Å². The fourth-order valence-electron chi connectivity index (χ4n) is 2.48. The topological polar surface area (TPSA) is 26.3 Å². The molecule has 0 aliphatic heterocycles. The fraction of sp³-hybridized carbons (Fsp3) is 0.562. The van der Waals surface area contributed by atoms with Gasteiger partial charge in [0.1, 0.15) is 0 Å². The first-order valence-electron chi connectivity index (χ1n) is 6.69. The third kappa shape index (κ3) is 4.17. The molecule has 0 heterocycles. The van der Waals surface area contributed by atoms with Crippen molar-refractivity contribution in [3.8, 4) is 0 Å². The quantitative estimate of drug-likeness (QED) is 0.715. The molecule has 1 atom stereocenters. The fourth-order valence-corrected chi connectivity index (χ4v) is 2.48. The third-order valence-corrected chi connectivity index (χ3v) is 3.06. The predicted octanol–water partition coefficient (Wildman–Crippen LogP) is 3.84. The van der Waals surface area contributed by atoms with Crippen LogP contribution in [0.2, 0.25) is 0 Å². The summed E-state index contributed by atoms with van der Waals surface area (Å²) in [6.07, 6.45) is 1.59. The van der Waals surface area contributed by atoms with Gasteiger partial charge >= 0.3 is 5.97 Å². The lowest BCUT2D eigenvalue weighted by Crippen LogP contribution is -2.33.